The molecule has 130 heavy (non-hydrogen) atoms. The lowest BCUT2D eigenvalue weighted by molar-refractivity contribution is 0.422. The van der Waals surface area contributed by atoms with Crippen LogP contribution in [0.2, 0.25) is 0 Å². The molecule has 8 nitrogen and oxygen atoms in total. The van der Waals surface area contributed by atoms with Gasteiger partial charge in [0.2, 0.25) is 0 Å². The molecule has 10 aromatic heterocycles. The number of oxazole rings is 1. The van der Waals surface area contributed by atoms with E-state index in [0.29, 0.717) is 0 Å². The molecule has 0 N–H and O–H groups in total. The van der Waals surface area contributed by atoms with E-state index in [4.69, 9.17) is 18.4 Å². The molecule has 10 heterocycles. The second-order valence-corrected chi connectivity index (χ2v) is 37.2. The van der Waals surface area contributed by atoms with Crippen molar-refractivity contribution < 1.29 is 13.5 Å². The van der Waals surface area contributed by atoms with Gasteiger partial charge in [-0.3, -0.25) is 0 Å². The Balaban J connectivity index is 0.0000000983. The normalized spacial score (nSPS) is 11.1. The molecule has 15 heteroatoms. The Morgan fingerprint density at radius 2 is 0.462 bits per heavy atom. The molecule has 0 amide bonds. The Morgan fingerprint density at radius 3 is 0.846 bits per heavy atom. The maximum atomic E-state index is 5.76. The van der Waals surface area contributed by atoms with Crippen molar-refractivity contribution >= 4 is 133 Å². The molecule has 0 spiro atoms. The number of rotatable bonds is 15. The van der Waals surface area contributed by atoms with Crippen molar-refractivity contribution in [2.45, 2.75) is 0 Å². The Hall–Kier alpha value is -15.0. The smallest absolute Gasteiger partial charge is 0.182 e. The Labute approximate surface area is 779 Å². The lowest BCUT2D eigenvalue weighted by Gasteiger charge is -2.01. The van der Waals surface area contributed by atoms with Crippen LogP contribution in [0.25, 0.3) is 213 Å². The Morgan fingerprint density at radius 1 is 0.192 bits per heavy atom. The summed E-state index contributed by atoms with van der Waals surface area (Å²) < 4.78 is 16.8. The highest BCUT2D eigenvalue weighted by Gasteiger charge is 2.26. The Kier molecular flexibility index (Phi) is 24.1. The van der Waals surface area contributed by atoms with Gasteiger partial charge in [0.25, 0.3) is 0 Å². The number of nitrogens with zero attached hydrogens (tertiary/aromatic N) is 5. The van der Waals surface area contributed by atoms with Gasteiger partial charge in [-0.05, 0) is 33.4 Å². The van der Waals surface area contributed by atoms with Gasteiger partial charge in [0.05, 0.1) is 64.1 Å². The summed E-state index contributed by atoms with van der Waals surface area (Å²) in [6, 6.07) is 147. The molecular weight excluding hydrogens is 1720 g/mol. The van der Waals surface area contributed by atoms with Crippen molar-refractivity contribution in [1.29, 1.82) is 0 Å². The van der Waals surface area contributed by atoms with Crippen LogP contribution in [0, 0.1) is 0 Å². The van der Waals surface area contributed by atoms with Gasteiger partial charge in [0, 0.05) is 110 Å². The number of benzene rings is 15. The molecular formula is C115H75N5O3S7. The first-order chi connectivity index (χ1) is 64.6. The van der Waals surface area contributed by atoms with Crippen LogP contribution < -0.4 is 0 Å². The van der Waals surface area contributed by atoms with Gasteiger partial charge in [-0.25, -0.2) is 15.0 Å². The lowest BCUT2D eigenvalue weighted by Crippen LogP contribution is -1.80. The summed E-state index contributed by atoms with van der Waals surface area (Å²) >= 11 is 12.5. The van der Waals surface area contributed by atoms with Crippen LogP contribution in [0.4, 0.5) is 0 Å². The molecule has 0 bridgehead atoms. The second-order valence-electron chi connectivity index (χ2n) is 30.4. The van der Waals surface area contributed by atoms with Crippen molar-refractivity contribution in [3.63, 3.8) is 0 Å². The molecule has 25 rings (SSSR count). The zero-order valence-electron chi connectivity index (χ0n) is 69.6. The summed E-state index contributed by atoms with van der Waals surface area (Å²) in [6.07, 6.45) is 5.12. The fourth-order valence-electron chi connectivity index (χ4n) is 16.4. The van der Waals surface area contributed by atoms with E-state index in [0.717, 1.165) is 67.0 Å². The molecule has 15 aromatic carbocycles. The Bertz CT molecular complexity index is 6970. The van der Waals surface area contributed by atoms with Crippen LogP contribution in [-0.2, 0) is 0 Å². The fourth-order valence-corrected chi connectivity index (χ4v) is 24.7. The zero-order chi connectivity index (χ0) is 86.7. The highest BCUT2D eigenvalue weighted by Crippen LogP contribution is 2.53. The van der Waals surface area contributed by atoms with Gasteiger partial charge < -0.3 is 13.5 Å². The van der Waals surface area contributed by atoms with Gasteiger partial charge >= 0.3 is 0 Å². The third kappa shape index (κ3) is 16.9. The molecule has 0 aliphatic carbocycles. The van der Waals surface area contributed by atoms with Crippen LogP contribution in [0.3, 0.4) is 0 Å². The van der Waals surface area contributed by atoms with Crippen LogP contribution in [-0.4, -0.2) is 25.3 Å². The number of fused-ring (bicyclic) bond motifs is 5. The van der Waals surface area contributed by atoms with E-state index in [2.05, 4.69) is 366 Å². The summed E-state index contributed by atoms with van der Waals surface area (Å²) in [6.45, 7) is 0. The predicted octanol–water partition coefficient (Wildman–Crippen LogP) is 35.4. The maximum Gasteiger partial charge on any atom is 0.182 e. The third-order valence-electron chi connectivity index (χ3n) is 22.5. The highest BCUT2D eigenvalue weighted by atomic mass is 32.1. The van der Waals surface area contributed by atoms with E-state index in [1.54, 1.807) is 62.9 Å². The van der Waals surface area contributed by atoms with Gasteiger partial charge in [-0.15, -0.1) is 79.4 Å². The zero-order valence-corrected chi connectivity index (χ0v) is 75.3. The van der Waals surface area contributed by atoms with E-state index in [1.807, 2.05) is 119 Å². The first-order valence-electron chi connectivity index (χ1n) is 42.4. The fraction of sp³-hybridized carbons (Fsp3) is 0. The first kappa shape index (κ1) is 82.0. The molecule has 0 atom stereocenters. The van der Waals surface area contributed by atoms with Gasteiger partial charge in [-0.1, -0.05) is 435 Å². The van der Waals surface area contributed by atoms with E-state index >= 15 is 0 Å². The number of aromatic nitrogens is 5. The van der Waals surface area contributed by atoms with Crippen molar-refractivity contribution in [3.05, 3.63) is 455 Å². The van der Waals surface area contributed by atoms with Crippen molar-refractivity contribution in [3.8, 4) is 160 Å². The van der Waals surface area contributed by atoms with E-state index in [9.17, 15) is 0 Å². The summed E-state index contributed by atoms with van der Waals surface area (Å²) in [5.41, 5.74) is 21.7. The van der Waals surface area contributed by atoms with Gasteiger partial charge in [-0.2, -0.15) is 0 Å². The molecule has 0 saturated carbocycles. The molecule has 620 valence electrons. The first-order valence-corrected chi connectivity index (χ1v) is 48.3. The molecule has 25 aromatic rings. The minimum atomic E-state index is 0.817. The number of thiazole rings is 2. The topological polar surface area (TPSA) is 104 Å². The summed E-state index contributed by atoms with van der Waals surface area (Å²) in [5.74, 6) is 1.63. The predicted molar refractivity (Wildman–Crippen MR) is 552 cm³/mol. The minimum Gasteiger partial charge on any atom is -0.443 e. The third-order valence-corrected chi connectivity index (χ3v) is 30.8. The van der Waals surface area contributed by atoms with E-state index in [1.165, 1.54) is 153 Å². The quantitative estimate of drug-likeness (QED) is 0.1000. The number of hydrogen-bond acceptors (Lipinski definition) is 15. The molecule has 0 aliphatic rings. The van der Waals surface area contributed by atoms with Crippen LogP contribution in [0.15, 0.2) is 468 Å². The maximum absolute atomic E-state index is 5.76. The summed E-state index contributed by atoms with van der Waals surface area (Å²) in [7, 11) is 0. The molecule has 0 aliphatic heterocycles. The van der Waals surface area contributed by atoms with Gasteiger partial charge in [0.15, 0.2) is 17.9 Å². The van der Waals surface area contributed by atoms with Crippen molar-refractivity contribution in [2.75, 3.05) is 0 Å². The van der Waals surface area contributed by atoms with Crippen LogP contribution >= 0.6 is 79.4 Å². The lowest BCUT2D eigenvalue weighted by atomic mass is 10.0. The van der Waals surface area contributed by atoms with E-state index < -0.39 is 0 Å². The number of thiophene rings is 5. The SMILES string of the molecule is c1ccc(-c2ncsc2-c2sc(-c3ccccc3)c3ccccc23)cc1.c1ccc(-c2nocc2-c2sc(-c3ccccc3)c3ccccc23)cc1.c1ccc(-c2ocnc2-c2sc(-c3ccccc3)c3ccccc23)cc1.c1ccc(-c2oncc2-c2sc(-c3ccccc3)c3ccccc23)cc1.c1ccc(-c2scnc2-c2sc(-c3ccccc3)c3ccccc23)cc1. The second kappa shape index (κ2) is 38.3. The summed E-state index contributed by atoms with van der Waals surface area (Å²) in [5, 5.41) is 21.0. The molecule has 0 saturated heterocycles. The van der Waals surface area contributed by atoms with E-state index in [-0.39, 0.29) is 0 Å². The molecule has 0 unspecified atom stereocenters. The molecule has 0 radical (unpaired) electrons. The highest BCUT2D eigenvalue weighted by molar-refractivity contribution is 7.25. The largest absolute Gasteiger partial charge is 0.443 e. The molecule has 0 fully saturated rings. The van der Waals surface area contributed by atoms with Crippen LogP contribution in [0.1, 0.15) is 0 Å². The van der Waals surface area contributed by atoms with Crippen molar-refractivity contribution in [2.24, 2.45) is 0 Å². The monoisotopic (exact) mass is 1800 g/mol. The van der Waals surface area contributed by atoms with Crippen molar-refractivity contribution in [1.82, 2.24) is 25.3 Å². The average molecular weight is 1800 g/mol. The number of hydrogen-bond donors (Lipinski definition) is 0. The average Bonchev–Trinajstić information content (AvgIpc) is 1.63. The van der Waals surface area contributed by atoms with Crippen LogP contribution in [0.5, 0.6) is 0 Å². The summed E-state index contributed by atoms with van der Waals surface area (Å²) in [4.78, 5) is 29.0. The van der Waals surface area contributed by atoms with Gasteiger partial charge in [0.1, 0.15) is 17.7 Å². The minimum absolute atomic E-state index is 0.817. The standard InChI is InChI=1S/3C23H15NOS.2C23H15NS2/c1-3-9-16(10-4-1)21-20(24-15-25-21)23-19-14-8-7-13-18(19)22(26-23)17-11-5-2-6-12-17;1-3-9-16(10-4-1)21-20(15-25-24-21)23-19-14-8-7-13-18(19)22(26-23)17-11-5-2-6-12-17;1-3-9-16(10-4-1)21-20(15-24-25-21)23-19-14-8-7-13-18(19)22(26-23)17-11-5-2-6-12-17;1-3-9-16(10-4-1)21-18-13-7-8-14-19(18)23(26-21)20-22(25-15-24-20)17-11-5-2-6-12-17;1-3-9-16(10-4-1)20-23(25-15-24-20)22-19-14-8-7-13-18(19)21(26-22)17-11-5-2-6-12-17/h5*1-15H.